The van der Waals surface area contributed by atoms with Crippen molar-refractivity contribution in [1.29, 1.82) is 0 Å². The van der Waals surface area contributed by atoms with Gasteiger partial charge in [0, 0.05) is 24.5 Å². The lowest BCUT2D eigenvalue weighted by atomic mass is 10.0. The highest BCUT2D eigenvalue weighted by atomic mass is 14.7. The van der Waals surface area contributed by atoms with Crippen LogP contribution in [0.15, 0.2) is 29.3 Å². The lowest BCUT2D eigenvalue weighted by molar-refractivity contribution is 1.25. The third-order valence-corrected chi connectivity index (χ3v) is 2.61. The summed E-state index contributed by atoms with van der Waals surface area (Å²) in [6, 6.07) is 12.0. The number of nitrogens with zero attached hydrogens (tertiary/aromatic N) is 2. The summed E-state index contributed by atoms with van der Waals surface area (Å²) in [6.45, 7) is 4.04. The molecular weight excluding hydrogens is 208 g/mol. The molecule has 0 N–H and O–H groups in total. The van der Waals surface area contributed by atoms with Crippen LogP contribution in [0.25, 0.3) is 16.5 Å². The standard InChI is InChI=1S/C15H14N2/c1-11(9-10-16-3)14-6-4-5-13-8-7-12(2)17-15(13)14/h6-10H,1-3H3/b11-9+,16-10?. The summed E-state index contributed by atoms with van der Waals surface area (Å²) in [5.74, 6) is 0. The van der Waals surface area contributed by atoms with Gasteiger partial charge in [0.1, 0.15) is 0 Å². The van der Waals surface area contributed by atoms with Crippen LogP contribution < -0.4 is 0 Å². The number of aliphatic imine (C=N–C) groups is 1. The summed E-state index contributed by atoms with van der Waals surface area (Å²) < 4.78 is 0. The molecule has 84 valence electrons. The molecule has 2 nitrogen and oxygen atoms in total. The number of allylic oxidation sites excluding steroid dienone is 2. The van der Waals surface area contributed by atoms with Crippen LogP contribution in [0.1, 0.15) is 18.2 Å². The largest absolute Gasteiger partial charge is 0.297 e. The maximum atomic E-state index is 4.57. The van der Waals surface area contributed by atoms with Gasteiger partial charge in [0.2, 0.25) is 0 Å². The minimum atomic E-state index is 0.974. The molecule has 0 fully saturated rings. The van der Waals surface area contributed by atoms with Gasteiger partial charge in [-0.1, -0.05) is 12.1 Å². The Morgan fingerprint density at radius 2 is 2.24 bits per heavy atom. The zero-order valence-electron chi connectivity index (χ0n) is 10.3. The Kier molecular flexibility index (Phi) is 3.20. The SMILES string of the molecule is CN=C/C=C(\C)c1cc#cc2ccc(C)nc12. The van der Waals surface area contributed by atoms with Crippen molar-refractivity contribution >= 4 is 22.7 Å². The molecule has 0 radical (unpaired) electrons. The molecule has 2 aromatic rings. The summed E-state index contributed by atoms with van der Waals surface area (Å²) in [7, 11) is 1.76. The van der Waals surface area contributed by atoms with E-state index >= 15 is 0 Å². The monoisotopic (exact) mass is 222 g/mol. The van der Waals surface area contributed by atoms with Gasteiger partial charge >= 0.3 is 0 Å². The van der Waals surface area contributed by atoms with E-state index in [0.717, 1.165) is 27.7 Å². The number of aryl methyl sites for hydroxylation is 1. The Labute approximate surface area is 102 Å². The highest BCUT2D eigenvalue weighted by molar-refractivity contribution is 5.93. The second-order valence-electron chi connectivity index (χ2n) is 3.93. The Bertz CT molecular complexity index is 595. The average molecular weight is 222 g/mol. The van der Waals surface area contributed by atoms with Gasteiger partial charge in [0.15, 0.2) is 0 Å². The molecule has 1 aromatic carbocycles. The molecule has 0 aliphatic carbocycles. The number of rotatable bonds is 2. The van der Waals surface area contributed by atoms with E-state index in [-0.39, 0.29) is 0 Å². The van der Waals surface area contributed by atoms with Crippen LogP contribution >= 0.6 is 0 Å². The molecule has 0 aliphatic rings. The van der Waals surface area contributed by atoms with Crippen LogP contribution in [0.3, 0.4) is 0 Å². The van der Waals surface area contributed by atoms with E-state index in [2.05, 4.69) is 22.1 Å². The Morgan fingerprint density at radius 1 is 1.41 bits per heavy atom. The van der Waals surface area contributed by atoms with Crippen molar-refractivity contribution in [1.82, 2.24) is 4.98 Å². The summed E-state index contributed by atoms with van der Waals surface area (Å²) in [6.07, 6.45) is 3.76. The van der Waals surface area contributed by atoms with Gasteiger partial charge in [-0.15, -0.1) is 0 Å². The first-order chi connectivity index (χ1) is 8.22. The van der Waals surface area contributed by atoms with E-state index in [1.54, 1.807) is 13.3 Å². The number of aromatic nitrogens is 1. The van der Waals surface area contributed by atoms with Crippen LogP contribution in [0, 0.1) is 19.1 Å². The lowest BCUT2D eigenvalue weighted by Crippen LogP contribution is -1.88. The molecule has 2 heteroatoms. The molecule has 2 rings (SSSR count). The Balaban J connectivity index is 2.65. The Morgan fingerprint density at radius 3 is 3.00 bits per heavy atom. The van der Waals surface area contributed by atoms with Crippen LogP contribution in [0.4, 0.5) is 0 Å². The van der Waals surface area contributed by atoms with Crippen molar-refractivity contribution in [2.45, 2.75) is 13.8 Å². The molecule has 1 heterocycles. The first-order valence-corrected chi connectivity index (χ1v) is 5.51. The van der Waals surface area contributed by atoms with Crippen molar-refractivity contribution in [3.63, 3.8) is 0 Å². The van der Waals surface area contributed by atoms with Crippen LogP contribution in [0.2, 0.25) is 0 Å². The summed E-state index contributed by atoms with van der Waals surface area (Å²) in [5.41, 5.74) is 4.20. The molecule has 1 aromatic heterocycles. The maximum Gasteiger partial charge on any atom is 0.0870 e. The third kappa shape index (κ3) is 2.34. The second kappa shape index (κ2) is 4.80. The van der Waals surface area contributed by atoms with E-state index in [4.69, 9.17) is 0 Å². The fourth-order valence-electron chi connectivity index (χ4n) is 1.69. The smallest absolute Gasteiger partial charge is 0.0870 e. The number of hydrogen-bond acceptors (Lipinski definition) is 2. The molecule has 0 spiro atoms. The van der Waals surface area contributed by atoms with E-state index in [1.165, 1.54) is 0 Å². The van der Waals surface area contributed by atoms with Crippen LogP contribution in [-0.2, 0) is 0 Å². The van der Waals surface area contributed by atoms with Crippen molar-refractivity contribution in [2.75, 3.05) is 7.05 Å². The van der Waals surface area contributed by atoms with E-state index in [0.29, 0.717) is 0 Å². The van der Waals surface area contributed by atoms with Gasteiger partial charge < -0.3 is 0 Å². The molecular formula is C15H14N2. The number of hydrogen-bond donors (Lipinski definition) is 0. The molecule has 0 aliphatic heterocycles. The summed E-state index contributed by atoms with van der Waals surface area (Å²) in [4.78, 5) is 8.53. The normalized spacial score (nSPS) is 12.1. The second-order valence-corrected chi connectivity index (χ2v) is 3.93. The van der Waals surface area contributed by atoms with Gasteiger partial charge in [-0.3, -0.25) is 9.98 Å². The fourth-order valence-corrected chi connectivity index (χ4v) is 1.69. The zero-order chi connectivity index (χ0) is 12.3. The molecule has 0 bridgehead atoms. The van der Waals surface area contributed by atoms with E-state index in [1.807, 2.05) is 38.1 Å². The number of fused-ring (bicyclic) bond motifs is 1. The average Bonchev–Trinajstić information content (AvgIpc) is 2.35. The predicted molar refractivity (Wildman–Crippen MR) is 72.2 cm³/mol. The third-order valence-electron chi connectivity index (χ3n) is 2.61. The highest BCUT2D eigenvalue weighted by Crippen LogP contribution is 2.21. The summed E-state index contributed by atoms with van der Waals surface area (Å²) in [5, 5.41) is 0.995. The van der Waals surface area contributed by atoms with E-state index < -0.39 is 0 Å². The van der Waals surface area contributed by atoms with Gasteiger partial charge in [0.05, 0.1) is 10.9 Å². The Hall–Kier alpha value is -2.14. The van der Waals surface area contributed by atoms with Gasteiger partial charge in [-0.05, 0) is 43.7 Å². The van der Waals surface area contributed by atoms with Crippen molar-refractivity contribution < 1.29 is 0 Å². The van der Waals surface area contributed by atoms with Crippen molar-refractivity contribution in [3.8, 4) is 0 Å². The molecule has 0 saturated heterocycles. The molecule has 17 heavy (non-hydrogen) atoms. The van der Waals surface area contributed by atoms with Crippen molar-refractivity contribution in [2.24, 2.45) is 4.99 Å². The van der Waals surface area contributed by atoms with E-state index in [9.17, 15) is 0 Å². The fraction of sp³-hybridized carbons (Fsp3) is 0.200. The quantitative estimate of drug-likeness (QED) is 0.716. The molecule has 0 unspecified atom stereocenters. The van der Waals surface area contributed by atoms with Gasteiger partial charge in [0.25, 0.3) is 0 Å². The zero-order valence-corrected chi connectivity index (χ0v) is 10.3. The lowest BCUT2D eigenvalue weighted by Gasteiger charge is -2.03. The first-order valence-electron chi connectivity index (χ1n) is 5.51. The van der Waals surface area contributed by atoms with Gasteiger partial charge in [-0.2, -0.15) is 0 Å². The van der Waals surface area contributed by atoms with Crippen molar-refractivity contribution in [3.05, 3.63) is 47.7 Å². The molecule has 0 saturated carbocycles. The maximum absolute atomic E-state index is 4.57. The van der Waals surface area contributed by atoms with Crippen LogP contribution in [-0.4, -0.2) is 18.2 Å². The molecule has 0 amide bonds. The first kappa shape index (κ1) is 11.3. The summed E-state index contributed by atoms with van der Waals surface area (Å²) >= 11 is 0. The molecule has 0 atom stereocenters. The number of pyridine rings is 1. The van der Waals surface area contributed by atoms with Crippen LogP contribution in [0.5, 0.6) is 0 Å². The predicted octanol–water partition coefficient (Wildman–Crippen LogP) is 3.25. The van der Waals surface area contributed by atoms with Gasteiger partial charge in [-0.25, -0.2) is 0 Å². The minimum Gasteiger partial charge on any atom is -0.297 e. The highest BCUT2D eigenvalue weighted by Gasteiger charge is 2.03. The minimum absolute atomic E-state index is 0.974. The topological polar surface area (TPSA) is 25.2 Å².